The first-order chi connectivity index (χ1) is 7.48. The Balaban J connectivity index is 2.12. The first-order valence-corrected chi connectivity index (χ1v) is 6.48. The summed E-state index contributed by atoms with van der Waals surface area (Å²) in [6.07, 6.45) is 0.293. The average Bonchev–Trinajstić information content (AvgIpc) is 2.68. The van der Waals surface area contributed by atoms with E-state index in [-0.39, 0.29) is 18.1 Å². The molecule has 4 nitrogen and oxygen atoms in total. The van der Waals surface area contributed by atoms with Gasteiger partial charge in [0.2, 0.25) is 0 Å². The van der Waals surface area contributed by atoms with Crippen molar-refractivity contribution in [1.29, 1.82) is 0 Å². The molecule has 2 rings (SSSR count). The summed E-state index contributed by atoms with van der Waals surface area (Å²) in [7, 11) is 0. The minimum atomic E-state index is -0.624. The van der Waals surface area contributed by atoms with Gasteiger partial charge in [-0.1, -0.05) is 22.0 Å². The van der Waals surface area contributed by atoms with Crippen molar-refractivity contribution >= 4 is 15.9 Å². The third-order valence-electron chi connectivity index (χ3n) is 2.95. The third kappa shape index (κ3) is 2.07. The molecule has 0 radical (unpaired) electrons. The maximum Gasteiger partial charge on any atom is 0.188 e. The van der Waals surface area contributed by atoms with E-state index in [1.165, 1.54) is 0 Å². The molecule has 0 unspecified atom stereocenters. The molecule has 2 saturated heterocycles. The molecule has 0 bridgehead atoms. The lowest BCUT2D eigenvalue weighted by Gasteiger charge is -2.26. The van der Waals surface area contributed by atoms with E-state index in [4.69, 9.17) is 14.2 Å². The van der Waals surface area contributed by atoms with Crippen LogP contribution in [0.4, 0.5) is 0 Å². The van der Waals surface area contributed by atoms with Gasteiger partial charge in [0, 0.05) is 11.2 Å². The van der Waals surface area contributed by atoms with Gasteiger partial charge in [-0.2, -0.15) is 0 Å². The highest BCUT2D eigenvalue weighted by Crippen LogP contribution is 2.42. The number of hydrogen-bond acceptors (Lipinski definition) is 4. The molecule has 2 aliphatic heterocycles. The van der Waals surface area contributed by atoms with Crippen LogP contribution in [0.1, 0.15) is 13.8 Å². The molecule has 2 heterocycles. The van der Waals surface area contributed by atoms with E-state index in [1.54, 1.807) is 6.08 Å². The molecule has 2 fully saturated rings. The highest BCUT2D eigenvalue weighted by atomic mass is 79.9. The fraction of sp³-hybridized carbons (Fsp3) is 0.818. The standard InChI is InChI=1S/C11H17BrO4/c1-4-6-8(7(13)5-12)14-10-9(6)15-11(2,3)16-10/h4,6-10,13H,1,5H2,2-3H3/t6-,7+,8+,9-,10-/m1/s1. The predicted molar refractivity (Wildman–Crippen MR) is 62.2 cm³/mol. The van der Waals surface area contributed by atoms with Gasteiger partial charge in [-0.15, -0.1) is 6.58 Å². The largest absolute Gasteiger partial charge is 0.390 e. The minimum Gasteiger partial charge on any atom is -0.390 e. The zero-order valence-corrected chi connectivity index (χ0v) is 11.0. The van der Waals surface area contributed by atoms with Gasteiger partial charge in [0.25, 0.3) is 0 Å². The Morgan fingerprint density at radius 2 is 2.19 bits per heavy atom. The van der Waals surface area contributed by atoms with Crippen molar-refractivity contribution in [3.8, 4) is 0 Å². The normalized spacial score (nSPS) is 43.0. The van der Waals surface area contributed by atoms with Crippen molar-refractivity contribution in [2.75, 3.05) is 5.33 Å². The van der Waals surface area contributed by atoms with Crippen molar-refractivity contribution in [1.82, 2.24) is 0 Å². The number of alkyl halides is 1. The summed E-state index contributed by atoms with van der Waals surface area (Å²) < 4.78 is 17.0. The number of aliphatic hydroxyl groups excluding tert-OH is 1. The van der Waals surface area contributed by atoms with Crippen molar-refractivity contribution in [3.05, 3.63) is 12.7 Å². The Morgan fingerprint density at radius 3 is 2.75 bits per heavy atom. The van der Waals surface area contributed by atoms with E-state index >= 15 is 0 Å². The Morgan fingerprint density at radius 1 is 1.50 bits per heavy atom. The fourth-order valence-electron chi connectivity index (χ4n) is 2.26. The third-order valence-corrected chi connectivity index (χ3v) is 3.61. The summed E-state index contributed by atoms with van der Waals surface area (Å²) in [4.78, 5) is 0. The van der Waals surface area contributed by atoms with Crippen LogP contribution in [-0.2, 0) is 14.2 Å². The second-order valence-electron chi connectivity index (χ2n) is 4.60. The Kier molecular flexibility index (Phi) is 3.43. The molecule has 5 heteroatoms. The van der Waals surface area contributed by atoms with Crippen molar-refractivity contribution in [2.24, 2.45) is 5.92 Å². The SMILES string of the molecule is C=C[C@H]1[C@H]2OC(C)(C)O[C@H]2O[C@@H]1[C@@H](O)CBr. The van der Waals surface area contributed by atoms with Crippen LogP contribution >= 0.6 is 15.9 Å². The predicted octanol–water partition coefficient (Wildman–Crippen LogP) is 1.42. The molecule has 16 heavy (non-hydrogen) atoms. The summed E-state index contributed by atoms with van der Waals surface area (Å²) in [5.41, 5.74) is 0. The maximum absolute atomic E-state index is 9.81. The molecule has 0 aromatic carbocycles. The van der Waals surface area contributed by atoms with Gasteiger partial charge in [0.1, 0.15) is 6.10 Å². The zero-order valence-electron chi connectivity index (χ0n) is 9.43. The fourth-order valence-corrected chi connectivity index (χ4v) is 2.63. The first kappa shape index (κ1) is 12.5. The van der Waals surface area contributed by atoms with Crippen LogP contribution in [0.15, 0.2) is 12.7 Å². The van der Waals surface area contributed by atoms with Gasteiger partial charge in [-0.3, -0.25) is 0 Å². The summed E-state index contributed by atoms with van der Waals surface area (Å²) in [5.74, 6) is -0.666. The van der Waals surface area contributed by atoms with Gasteiger partial charge < -0.3 is 19.3 Å². The van der Waals surface area contributed by atoms with E-state index < -0.39 is 18.2 Å². The maximum atomic E-state index is 9.81. The number of halogens is 1. The highest BCUT2D eigenvalue weighted by molar-refractivity contribution is 9.09. The van der Waals surface area contributed by atoms with Gasteiger partial charge in [0.05, 0.1) is 12.2 Å². The molecule has 0 aromatic heterocycles. The number of fused-ring (bicyclic) bond motifs is 1. The van der Waals surface area contributed by atoms with Gasteiger partial charge in [0.15, 0.2) is 12.1 Å². The molecular weight excluding hydrogens is 276 g/mol. The smallest absolute Gasteiger partial charge is 0.188 e. The van der Waals surface area contributed by atoms with E-state index in [1.807, 2.05) is 13.8 Å². The van der Waals surface area contributed by atoms with Crippen LogP contribution < -0.4 is 0 Å². The topological polar surface area (TPSA) is 47.9 Å². The molecule has 2 aliphatic rings. The van der Waals surface area contributed by atoms with Crippen molar-refractivity contribution < 1.29 is 19.3 Å². The van der Waals surface area contributed by atoms with Crippen LogP contribution in [0, 0.1) is 5.92 Å². The van der Waals surface area contributed by atoms with E-state index in [0.717, 1.165) is 0 Å². The molecule has 0 amide bonds. The van der Waals surface area contributed by atoms with Crippen LogP contribution in [0.25, 0.3) is 0 Å². The van der Waals surface area contributed by atoms with Crippen LogP contribution in [0.2, 0.25) is 0 Å². The summed E-state index contributed by atoms with van der Waals surface area (Å²) in [5, 5.41) is 10.3. The molecule has 5 atom stereocenters. The molecule has 0 spiro atoms. The summed E-state index contributed by atoms with van der Waals surface area (Å²) >= 11 is 3.24. The lowest BCUT2D eigenvalue weighted by atomic mass is 9.95. The molecule has 0 saturated carbocycles. The van der Waals surface area contributed by atoms with E-state index in [9.17, 15) is 5.11 Å². The number of ether oxygens (including phenoxy) is 3. The monoisotopic (exact) mass is 292 g/mol. The molecule has 92 valence electrons. The first-order valence-electron chi connectivity index (χ1n) is 5.36. The summed E-state index contributed by atoms with van der Waals surface area (Å²) in [6.45, 7) is 7.48. The van der Waals surface area contributed by atoms with Crippen molar-refractivity contribution in [2.45, 2.75) is 44.2 Å². The minimum absolute atomic E-state index is 0.0423. The summed E-state index contributed by atoms with van der Waals surface area (Å²) in [6, 6.07) is 0. The van der Waals surface area contributed by atoms with E-state index in [2.05, 4.69) is 22.5 Å². The second-order valence-corrected chi connectivity index (χ2v) is 5.25. The average molecular weight is 293 g/mol. The quantitative estimate of drug-likeness (QED) is 0.631. The number of hydrogen-bond donors (Lipinski definition) is 1. The van der Waals surface area contributed by atoms with Gasteiger partial charge in [-0.05, 0) is 13.8 Å². The zero-order chi connectivity index (χ0) is 11.9. The van der Waals surface area contributed by atoms with Gasteiger partial charge >= 0.3 is 0 Å². The van der Waals surface area contributed by atoms with Crippen LogP contribution in [-0.4, -0.2) is 40.8 Å². The Labute approximate surface area is 104 Å². The van der Waals surface area contributed by atoms with Crippen LogP contribution in [0.5, 0.6) is 0 Å². The van der Waals surface area contributed by atoms with Crippen molar-refractivity contribution in [3.63, 3.8) is 0 Å². The molecule has 1 N–H and O–H groups in total. The Bertz CT molecular complexity index is 281. The lowest BCUT2D eigenvalue weighted by molar-refractivity contribution is -0.216. The molecule has 0 aliphatic carbocycles. The second kappa shape index (κ2) is 4.38. The highest BCUT2D eigenvalue weighted by Gasteiger charge is 2.54. The lowest BCUT2D eigenvalue weighted by Crippen LogP contribution is -2.36. The van der Waals surface area contributed by atoms with Gasteiger partial charge in [-0.25, -0.2) is 0 Å². The van der Waals surface area contributed by atoms with Crippen LogP contribution in [0.3, 0.4) is 0 Å². The Hall–Kier alpha value is 0.0600. The molecular formula is C11H17BrO4. The molecule has 0 aromatic rings. The van der Waals surface area contributed by atoms with E-state index in [0.29, 0.717) is 5.33 Å². The number of aliphatic hydroxyl groups is 1. The number of rotatable bonds is 3.